The van der Waals surface area contributed by atoms with Crippen LogP contribution in [0.3, 0.4) is 0 Å². The molecule has 0 aliphatic carbocycles. The summed E-state index contributed by atoms with van der Waals surface area (Å²) in [6.07, 6.45) is 1.30. The van der Waals surface area contributed by atoms with E-state index in [0.29, 0.717) is 16.3 Å². The highest BCUT2D eigenvalue weighted by Crippen LogP contribution is 2.19. The van der Waals surface area contributed by atoms with Crippen LogP contribution in [0.1, 0.15) is 11.1 Å². The number of nitrogens with zero attached hydrogens (tertiary/aromatic N) is 1. The zero-order valence-corrected chi connectivity index (χ0v) is 12.9. The maximum atomic E-state index is 12.7. The van der Waals surface area contributed by atoms with Crippen LogP contribution in [0.5, 0.6) is 0 Å². The average molecular weight is 334 g/mol. The van der Waals surface area contributed by atoms with E-state index < -0.39 is 11.8 Å². The van der Waals surface area contributed by atoms with Gasteiger partial charge in [-0.25, -0.2) is 9.82 Å². The number of carbonyl (C=O) groups is 2. The first-order valence-electron chi connectivity index (χ1n) is 6.62. The highest BCUT2D eigenvalue weighted by Gasteiger charge is 2.13. The van der Waals surface area contributed by atoms with Crippen molar-refractivity contribution >= 4 is 35.3 Å². The van der Waals surface area contributed by atoms with Gasteiger partial charge in [-0.15, -0.1) is 0 Å². The number of halogens is 2. The quantitative estimate of drug-likeness (QED) is 0.515. The van der Waals surface area contributed by atoms with Crippen LogP contribution in [0.25, 0.3) is 0 Å². The predicted octanol–water partition coefficient (Wildman–Crippen LogP) is 2.88. The Morgan fingerprint density at radius 1 is 1.13 bits per heavy atom. The van der Waals surface area contributed by atoms with E-state index in [0.717, 1.165) is 5.56 Å². The molecule has 2 N–H and O–H groups in total. The van der Waals surface area contributed by atoms with Gasteiger partial charge < -0.3 is 5.32 Å². The summed E-state index contributed by atoms with van der Waals surface area (Å²) in [5.74, 6) is -2.15. The van der Waals surface area contributed by atoms with Gasteiger partial charge in [0.1, 0.15) is 5.82 Å². The number of nitrogens with one attached hydrogen (secondary N) is 2. The van der Waals surface area contributed by atoms with E-state index in [1.165, 1.54) is 30.5 Å². The number of hydrazone groups is 1. The van der Waals surface area contributed by atoms with Crippen molar-refractivity contribution in [1.82, 2.24) is 5.43 Å². The van der Waals surface area contributed by atoms with Crippen LogP contribution in [-0.4, -0.2) is 18.0 Å². The fourth-order valence-corrected chi connectivity index (χ4v) is 1.94. The summed E-state index contributed by atoms with van der Waals surface area (Å²) >= 11 is 5.82. The van der Waals surface area contributed by atoms with Crippen molar-refractivity contribution in [2.45, 2.75) is 6.92 Å². The SMILES string of the molecule is Cc1cc(Cl)ccc1NC(=O)C(=O)N/N=C\c1ccc(F)cc1. The molecular weight excluding hydrogens is 321 g/mol. The Balaban J connectivity index is 1.92. The van der Waals surface area contributed by atoms with Crippen LogP contribution in [0.15, 0.2) is 47.6 Å². The Labute approximate surface area is 137 Å². The Kier molecular flexibility index (Phi) is 5.43. The molecular formula is C16H13ClFN3O2. The molecule has 2 aromatic rings. The van der Waals surface area contributed by atoms with Gasteiger partial charge in [-0.3, -0.25) is 9.59 Å². The Hall–Kier alpha value is -2.73. The molecule has 2 aromatic carbocycles. The minimum Gasteiger partial charge on any atom is -0.317 e. The molecule has 0 saturated carbocycles. The first kappa shape index (κ1) is 16.6. The van der Waals surface area contributed by atoms with Crippen molar-refractivity contribution in [2.75, 3.05) is 5.32 Å². The molecule has 0 atom stereocenters. The highest BCUT2D eigenvalue weighted by atomic mass is 35.5. The molecule has 23 heavy (non-hydrogen) atoms. The Morgan fingerprint density at radius 2 is 1.83 bits per heavy atom. The van der Waals surface area contributed by atoms with Gasteiger partial charge in [0.05, 0.1) is 6.21 Å². The molecule has 0 aliphatic heterocycles. The summed E-state index contributed by atoms with van der Waals surface area (Å²) < 4.78 is 12.7. The lowest BCUT2D eigenvalue weighted by atomic mass is 10.2. The Morgan fingerprint density at radius 3 is 2.48 bits per heavy atom. The van der Waals surface area contributed by atoms with Gasteiger partial charge in [0.15, 0.2) is 0 Å². The third kappa shape index (κ3) is 4.89. The highest BCUT2D eigenvalue weighted by molar-refractivity contribution is 6.39. The molecule has 0 heterocycles. The number of amides is 2. The van der Waals surface area contributed by atoms with E-state index >= 15 is 0 Å². The molecule has 2 rings (SSSR count). The summed E-state index contributed by atoms with van der Waals surface area (Å²) in [6, 6.07) is 10.4. The molecule has 0 aliphatic rings. The summed E-state index contributed by atoms with van der Waals surface area (Å²) in [5, 5.41) is 6.64. The number of hydrogen-bond acceptors (Lipinski definition) is 3. The minimum absolute atomic E-state index is 0.371. The Bertz CT molecular complexity index is 760. The number of anilines is 1. The van der Waals surface area contributed by atoms with Crippen LogP contribution >= 0.6 is 11.6 Å². The van der Waals surface area contributed by atoms with Crippen LogP contribution in [-0.2, 0) is 9.59 Å². The fourth-order valence-electron chi connectivity index (χ4n) is 1.71. The maximum Gasteiger partial charge on any atom is 0.329 e. The van der Waals surface area contributed by atoms with Crippen molar-refractivity contribution in [2.24, 2.45) is 5.10 Å². The molecule has 0 spiro atoms. The van der Waals surface area contributed by atoms with Gasteiger partial charge in [0, 0.05) is 10.7 Å². The maximum absolute atomic E-state index is 12.7. The van der Waals surface area contributed by atoms with Crippen LogP contribution in [0.4, 0.5) is 10.1 Å². The molecule has 2 amide bonds. The second kappa shape index (κ2) is 7.51. The number of carbonyl (C=O) groups excluding carboxylic acids is 2. The van der Waals surface area contributed by atoms with Crippen LogP contribution < -0.4 is 10.7 Å². The van der Waals surface area contributed by atoms with Crippen LogP contribution in [0, 0.1) is 12.7 Å². The number of hydrogen-bond donors (Lipinski definition) is 2. The number of rotatable bonds is 3. The lowest BCUT2D eigenvalue weighted by molar-refractivity contribution is -0.136. The smallest absolute Gasteiger partial charge is 0.317 e. The van der Waals surface area contributed by atoms with E-state index in [1.807, 2.05) is 0 Å². The lowest BCUT2D eigenvalue weighted by Crippen LogP contribution is -2.32. The molecule has 0 radical (unpaired) electrons. The van der Waals surface area contributed by atoms with E-state index in [9.17, 15) is 14.0 Å². The zero-order valence-electron chi connectivity index (χ0n) is 12.1. The summed E-state index contributed by atoms with van der Waals surface area (Å²) in [6.45, 7) is 1.76. The second-order valence-electron chi connectivity index (χ2n) is 4.66. The van der Waals surface area contributed by atoms with E-state index in [2.05, 4.69) is 15.8 Å². The predicted molar refractivity (Wildman–Crippen MR) is 87.0 cm³/mol. The van der Waals surface area contributed by atoms with Crippen molar-refractivity contribution in [3.05, 3.63) is 64.4 Å². The molecule has 0 aromatic heterocycles. The molecule has 7 heteroatoms. The minimum atomic E-state index is -0.919. The van der Waals surface area contributed by atoms with Crippen molar-refractivity contribution in [3.8, 4) is 0 Å². The van der Waals surface area contributed by atoms with Gasteiger partial charge in [-0.1, -0.05) is 23.7 Å². The van der Waals surface area contributed by atoms with Crippen molar-refractivity contribution < 1.29 is 14.0 Å². The van der Waals surface area contributed by atoms with Gasteiger partial charge in [0.25, 0.3) is 0 Å². The molecule has 0 bridgehead atoms. The van der Waals surface area contributed by atoms with Crippen LogP contribution in [0.2, 0.25) is 5.02 Å². The first-order chi connectivity index (χ1) is 11.0. The third-order valence-electron chi connectivity index (χ3n) is 2.89. The van der Waals surface area contributed by atoms with Crippen molar-refractivity contribution in [1.29, 1.82) is 0 Å². The van der Waals surface area contributed by atoms with Gasteiger partial charge >= 0.3 is 11.8 Å². The van der Waals surface area contributed by atoms with Crippen molar-refractivity contribution in [3.63, 3.8) is 0 Å². The standard InChI is InChI=1S/C16H13ClFN3O2/c1-10-8-12(17)4-7-14(10)20-15(22)16(23)21-19-9-11-2-5-13(18)6-3-11/h2-9H,1H3,(H,20,22)(H,21,23)/b19-9-. The molecule has 5 nitrogen and oxygen atoms in total. The average Bonchev–Trinajstić information content (AvgIpc) is 2.51. The molecule has 0 unspecified atom stereocenters. The molecule has 0 saturated heterocycles. The van der Waals surface area contributed by atoms with E-state index in [1.54, 1.807) is 25.1 Å². The largest absolute Gasteiger partial charge is 0.329 e. The van der Waals surface area contributed by atoms with E-state index in [4.69, 9.17) is 11.6 Å². The van der Waals surface area contributed by atoms with E-state index in [-0.39, 0.29) is 5.82 Å². The lowest BCUT2D eigenvalue weighted by Gasteiger charge is -2.07. The molecule has 118 valence electrons. The monoisotopic (exact) mass is 333 g/mol. The fraction of sp³-hybridized carbons (Fsp3) is 0.0625. The summed E-state index contributed by atoms with van der Waals surface area (Å²) in [4.78, 5) is 23.4. The summed E-state index contributed by atoms with van der Waals surface area (Å²) in [7, 11) is 0. The van der Waals surface area contributed by atoms with Gasteiger partial charge in [-0.05, 0) is 48.4 Å². The first-order valence-corrected chi connectivity index (χ1v) is 6.99. The van der Waals surface area contributed by atoms with Gasteiger partial charge in [-0.2, -0.15) is 5.10 Å². The second-order valence-corrected chi connectivity index (χ2v) is 5.10. The van der Waals surface area contributed by atoms with Gasteiger partial charge in [0.2, 0.25) is 0 Å². The summed E-state index contributed by atoms with van der Waals surface area (Å²) in [5.41, 5.74) is 3.89. The number of benzene rings is 2. The number of aryl methyl sites for hydroxylation is 1. The molecule has 0 fully saturated rings. The third-order valence-corrected chi connectivity index (χ3v) is 3.13. The topological polar surface area (TPSA) is 70.6 Å². The normalized spacial score (nSPS) is 10.6. The zero-order chi connectivity index (χ0) is 16.8.